The molecule has 0 saturated heterocycles. The molecule has 24 heavy (non-hydrogen) atoms. The fourth-order valence-electron chi connectivity index (χ4n) is 5.64. The molecule has 4 bridgehead atoms. The van der Waals surface area contributed by atoms with Crippen molar-refractivity contribution in [3.05, 3.63) is 24.3 Å². The number of hydrogen-bond donors (Lipinski definition) is 2. The van der Waals surface area contributed by atoms with Crippen LogP contribution in [0.2, 0.25) is 0 Å². The van der Waals surface area contributed by atoms with E-state index in [1.807, 2.05) is 31.2 Å². The van der Waals surface area contributed by atoms with Crippen molar-refractivity contribution in [2.24, 2.45) is 17.8 Å². The van der Waals surface area contributed by atoms with Crippen LogP contribution in [0.15, 0.2) is 24.3 Å². The Kier molecular flexibility index (Phi) is 4.25. The molecule has 0 atom stereocenters. The van der Waals surface area contributed by atoms with E-state index in [9.17, 15) is 4.79 Å². The molecule has 4 saturated carbocycles. The second-order valence-corrected chi connectivity index (χ2v) is 8.03. The fraction of sp³-hybridized carbons (Fsp3) is 0.650. The van der Waals surface area contributed by atoms with Gasteiger partial charge in [0.1, 0.15) is 5.75 Å². The Bertz CT molecular complexity index is 578. The summed E-state index contributed by atoms with van der Waals surface area (Å²) in [6.45, 7) is 2.94. The van der Waals surface area contributed by atoms with Crippen LogP contribution in [0.3, 0.4) is 0 Å². The Hall–Kier alpha value is -1.55. The maximum atomic E-state index is 12.4. The highest BCUT2D eigenvalue weighted by Crippen LogP contribution is 2.55. The summed E-state index contributed by atoms with van der Waals surface area (Å²) in [6, 6.07) is 7.64. The van der Waals surface area contributed by atoms with E-state index in [2.05, 4.69) is 10.6 Å². The van der Waals surface area contributed by atoms with Crippen LogP contribution in [0.1, 0.15) is 45.4 Å². The highest BCUT2D eigenvalue weighted by Gasteiger charge is 2.50. The first-order chi connectivity index (χ1) is 11.7. The van der Waals surface area contributed by atoms with Gasteiger partial charge in [-0.1, -0.05) is 12.1 Å². The van der Waals surface area contributed by atoms with Crippen LogP contribution in [0, 0.1) is 17.8 Å². The van der Waals surface area contributed by atoms with Gasteiger partial charge < -0.3 is 15.4 Å². The number of benzene rings is 1. The van der Waals surface area contributed by atoms with Gasteiger partial charge in [0.2, 0.25) is 5.91 Å². The first kappa shape index (κ1) is 15.9. The summed E-state index contributed by atoms with van der Waals surface area (Å²) in [5.41, 5.74) is 0.989. The average Bonchev–Trinajstić information content (AvgIpc) is 2.54. The van der Waals surface area contributed by atoms with Crippen molar-refractivity contribution < 1.29 is 9.53 Å². The molecule has 0 spiro atoms. The molecule has 0 aliphatic heterocycles. The number of rotatable bonds is 6. The lowest BCUT2D eigenvalue weighted by atomic mass is 9.53. The standard InChI is InChI=1S/C20H28N2O2/c1-2-24-18-6-4-3-5-17(18)22-19(23)13-21-20-10-14-7-15(11-20)9-16(8-14)12-20/h3-6,14-16,21H,2,7-13H2,1H3,(H,22,23). The lowest BCUT2D eigenvalue weighted by Gasteiger charge is -2.57. The molecule has 0 heterocycles. The van der Waals surface area contributed by atoms with Gasteiger partial charge in [0.25, 0.3) is 0 Å². The number of carbonyl (C=O) groups excluding carboxylic acids is 1. The average molecular weight is 328 g/mol. The number of carbonyl (C=O) groups is 1. The van der Waals surface area contributed by atoms with E-state index in [4.69, 9.17) is 4.74 Å². The Labute approximate surface area is 144 Å². The zero-order valence-electron chi connectivity index (χ0n) is 14.5. The summed E-state index contributed by atoms with van der Waals surface area (Å²) in [6.07, 6.45) is 8.07. The fourth-order valence-corrected chi connectivity index (χ4v) is 5.64. The van der Waals surface area contributed by atoms with Gasteiger partial charge in [-0.25, -0.2) is 0 Å². The van der Waals surface area contributed by atoms with Crippen molar-refractivity contribution in [2.45, 2.75) is 51.0 Å². The summed E-state index contributed by atoms with van der Waals surface area (Å²) in [4.78, 5) is 12.4. The molecule has 130 valence electrons. The largest absolute Gasteiger partial charge is 0.492 e. The van der Waals surface area contributed by atoms with Gasteiger partial charge in [0.15, 0.2) is 0 Å². The minimum Gasteiger partial charge on any atom is -0.492 e. The monoisotopic (exact) mass is 328 g/mol. The van der Waals surface area contributed by atoms with E-state index in [-0.39, 0.29) is 11.4 Å². The molecular weight excluding hydrogens is 300 g/mol. The number of ether oxygens (including phenoxy) is 1. The van der Waals surface area contributed by atoms with Crippen molar-refractivity contribution >= 4 is 11.6 Å². The second kappa shape index (κ2) is 6.40. The zero-order chi connectivity index (χ0) is 16.6. The van der Waals surface area contributed by atoms with Crippen LogP contribution in [-0.4, -0.2) is 24.6 Å². The molecule has 1 aromatic carbocycles. The molecule has 1 aromatic rings. The molecule has 0 aromatic heterocycles. The third-order valence-corrected chi connectivity index (χ3v) is 6.12. The maximum Gasteiger partial charge on any atom is 0.238 e. The molecule has 0 radical (unpaired) electrons. The third-order valence-electron chi connectivity index (χ3n) is 6.12. The van der Waals surface area contributed by atoms with Crippen LogP contribution in [0.4, 0.5) is 5.69 Å². The predicted molar refractivity (Wildman–Crippen MR) is 95.1 cm³/mol. The Morgan fingerprint density at radius 2 is 1.75 bits per heavy atom. The van der Waals surface area contributed by atoms with E-state index in [1.54, 1.807) is 0 Å². The normalized spacial score (nSPS) is 33.5. The zero-order valence-corrected chi connectivity index (χ0v) is 14.5. The van der Waals surface area contributed by atoms with Crippen LogP contribution >= 0.6 is 0 Å². The number of nitrogens with one attached hydrogen (secondary N) is 2. The summed E-state index contributed by atoms with van der Waals surface area (Å²) in [7, 11) is 0. The van der Waals surface area contributed by atoms with Gasteiger partial charge in [0, 0.05) is 5.54 Å². The van der Waals surface area contributed by atoms with Crippen molar-refractivity contribution in [3.8, 4) is 5.75 Å². The second-order valence-electron chi connectivity index (χ2n) is 8.03. The van der Waals surface area contributed by atoms with Gasteiger partial charge >= 0.3 is 0 Å². The number of para-hydroxylation sites is 2. The maximum absolute atomic E-state index is 12.4. The number of amides is 1. The van der Waals surface area contributed by atoms with Crippen molar-refractivity contribution in [1.29, 1.82) is 0 Å². The lowest BCUT2D eigenvalue weighted by molar-refractivity contribution is -0.116. The van der Waals surface area contributed by atoms with Gasteiger partial charge in [-0.2, -0.15) is 0 Å². The lowest BCUT2D eigenvalue weighted by Crippen LogP contribution is -2.59. The molecular formula is C20H28N2O2. The Morgan fingerprint density at radius 1 is 1.12 bits per heavy atom. The minimum absolute atomic E-state index is 0.0258. The topological polar surface area (TPSA) is 50.4 Å². The summed E-state index contributed by atoms with van der Waals surface area (Å²) < 4.78 is 5.58. The molecule has 1 amide bonds. The molecule has 4 nitrogen and oxygen atoms in total. The first-order valence-electron chi connectivity index (χ1n) is 9.42. The molecule has 4 heteroatoms. The van der Waals surface area contributed by atoms with Crippen LogP contribution in [0.5, 0.6) is 5.75 Å². The van der Waals surface area contributed by atoms with Gasteiger partial charge in [0.05, 0.1) is 18.8 Å². The Balaban J connectivity index is 1.36. The minimum atomic E-state index is 0.0258. The number of anilines is 1. The summed E-state index contributed by atoms with van der Waals surface area (Å²) in [5, 5.41) is 6.65. The van der Waals surface area contributed by atoms with E-state index in [0.29, 0.717) is 13.2 Å². The predicted octanol–water partition coefficient (Wildman–Crippen LogP) is 3.58. The van der Waals surface area contributed by atoms with Gasteiger partial charge in [-0.05, 0) is 75.3 Å². The van der Waals surface area contributed by atoms with Crippen molar-refractivity contribution in [2.75, 3.05) is 18.5 Å². The highest BCUT2D eigenvalue weighted by molar-refractivity contribution is 5.93. The molecule has 4 fully saturated rings. The smallest absolute Gasteiger partial charge is 0.238 e. The number of hydrogen-bond acceptors (Lipinski definition) is 3. The van der Waals surface area contributed by atoms with Crippen molar-refractivity contribution in [1.82, 2.24) is 5.32 Å². The molecule has 4 aliphatic carbocycles. The van der Waals surface area contributed by atoms with Gasteiger partial charge in [-0.3, -0.25) is 4.79 Å². The van der Waals surface area contributed by atoms with E-state index in [1.165, 1.54) is 38.5 Å². The summed E-state index contributed by atoms with van der Waals surface area (Å²) >= 11 is 0. The van der Waals surface area contributed by atoms with Crippen molar-refractivity contribution in [3.63, 3.8) is 0 Å². The van der Waals surface area contributed by atoms with Gasteiger partial charge in [-0.15, -0.1) is 0 Å². The molecule has 4 aliphatic rings. The van der Waals surface area contributed by atoms with Crippen LogP contribution in [0.25, 0.3) is 0 Å². The quantitative estimate of drug-likeness (QED) is 0.839. The Morgan fingerprint density at radius 3 is 2.38 bits per heavy atom. The molecule has 5 rings (SSSR count). The SMILES string of the molecule is CCOc1ccccc1NC(=O)CNC12CC3CC(CC(C3)C1)C2. The first-order valence-corrected chi connectivity index (χ1v) is 9.42. The highest BCUT2D eigenvalue weighted by atomic mass is 16.5. The van der Waals surface area contributed by atoms with E-state index >= 15 is 0 Å². The van der Waals surface area contributed by atoms with Crippen LogP contribution in [-0.2, 0) is 4.79 Å². The van der Waals surface area contributed by atoms with E-state index < -0.39 is 0 Å². The molecule has 2 N–H and O–H groups in total. The third kappa shape index (κ3) is 3.16. The van der Waals surface area contributed by atoms with E-state index in [0.717, 1.165) is 29.2 Å². The summed E-state index contributed by atoms with van der Waals surface area (Å²) in [5.74, 6) is 3.45. The van der Waals surface area contributed by atoms with Crippen LogP contribution < -0.4 is 15.4 Å². The molecule has 0 unspecified atom stereocenters.